The molecule has 2 aromatic carbocycles. The molecule has 1 N–H and O–H groups in total. The third-order valence-corrected chi connectivity index (χ3v) is 5.23. The molecular formula is C19H19ClN2O2S. The number of rotatable bonds is 4. The molecule has 1 fully saturated rings. The fraction of sp³-hybridized carbons (Fsp3) is 0.263. The fourth-order valence-corrected chi connectivity index (χ4v) is 3.64. The number of anilines is 1. The number of carbonyl (C=O) groups excluding carboxylic acids is 2. The maximum Gasteiger partial charge on any atom is 0.255 e. The van der Waals surface area contributed by atoms with Crippen molar-refractivity contribution >= 4 is 40.9 Å². The van der Waals surface area contributed by atoms with E-state index in [0.717, 1.165) is 30.2 Å². The van der Waals surface area contributed by atoms with Crippen LogP contribution in [-0.4, -0.2) is 41.3 Å². The molecule has 0 unspecified atom stereocenters. The monoisotopic (exact) mass is 374 g/mol. The highest BCUT2D eigenvalue weighted by Crippen LogP contribution is 2.15. The second kappa shape index (κ2) is 8.41. The summed E-state index contributed by atoms with van der Waals surface area (Å²) in [5, 5.41) is 3.44. The highest BCUT2D eigenvalue weighted by molar-refractivity contribution is 7.99. The van der Waals surface area contributed by atoms with Crippen LogP contribution >= 0.6 is 23.4 Å². The van der Waals surface area contributed by atoms with E-state index in [1.807, 2.05) is 40.9 Å². The van der Waals surface area contributed by atoms with Gasteiger partial charge in [0.1, 0.15) is 0 Å². The summed E-state index contributed by atoms with van der Waals surface area (Å²) in [4.78, 5) is 26.4. The minimum absolute atomic E-state index is 0.165. The standard InChI is InChI=1S/C19H19ClN2O2S/c20-16-5-3-15(4-6-16)19(24)21-17-7-1-14(2-8-17)13-18(23)22-9-11-25-12-10-22/h1-8H,9-13H2,(H,21,24). The van der Waals surface area contributed by atoms with Crippen LogP contribution in [0, 0.1) is 0 Å². The minimum atomic E-state index is -0.189. The highest BCUT2D eigenvalue weighted by Gasteiger charge is 2.16. The number of halogens is 1. The van der Waals surface area contributed by atoms with Crippen LogP contribution in [0.15, 0.2) is 48.5 Å². The van der Waals surface area contributed by atoms with Gasteiger partial charge in [-0.2, -0.15) is 11.8 Å². The van der Waals surface area contributed by atoms with Gasteiger partial charge in [-0.15, -0.1) is 0 Å². The van der Waals surface area contributed by atoms with E-state index >= 15 is 0 Å². The normalized spacial score (nSPS) is 14.2. The molecule has 0 bridgehead atoms. The van der Waals surface area contributed by atoms with Crippen LogP contribution < -0.4 is 5.32 Å². The summed E-state index contributed by atoms with van der Waals surface area (Å²) in [6.45, 7) is 1.66. The molecule has 4 nitrogen and oxygen atoms in total. The molecule has 6 heteroatoms. The summed E-state index contributed by atoms with van der Waals surface area (Å²) in [5.74, 6) is 2.01. The van der Waals surface area contributed by atoms with E-state index in [0.29, 0.717) is 22.7 Å². The predicted molar refractivity (Wildman–Crippen MR) is 103 cm³/mol. The second-order valence-corrected chi connectivity index (χ2v) is 7.49. The number of hydrogen-bond donors (Lipinski definition) is 1. The van der Waals surface area contributed by atoms with Crippen molar-refractivity contribution in [3.63, 3.8) is 0 Å². The van der Waals surface area contributed by atoms with Gasteiger partial charge >= 0.3 is 0 Å². The molecule has 0 aromatic heterocycles. The van der Waals surface area contributed by atoms with E-state index in [9.17, 15) is 9.59 Å². The second-order valence-electron chi connectivity index (χ2n) is 5.83. The Hall–Kier alpha value is -1.98. The SMILES string of the molecule is O=C(Nc1ccc(CC(=O)N2CCSCC2)cc1)c1ccc(Cl)cc1. The summed E-state index contributed by atoms with van der Waals surface area (Å²) >= 11 is 7.72. The topological polar surface area (TPSA) is 49.4 Å². The predicted octanol–water partition coefficient (Wildman–Crippen LogP) is 3.71. The molecule has 25 heavy (non-hydrogen) atoms. The lowest BCUT2D eigenvalue weighted by Crippen LogP contribution is -2.38. The van der Waals surface area contributed by atoms with Gasteiger partial charge in [-0.3, -0.25) is 9.59 Å². The van der Waals surface area contributed by atoms with Crippen LogP contribution in [0.1, 0.15) is 15.9 Å². The molecule has 130 valence electrons. The van der Waals surface area contributed by atoms with Crippen LogP contribution in [0.3, 0.4) is 0 Å². The number of amides is 2. The van der Waals surface area contributed by atoms with Crippen LogP contribution in [-0.2, 0) is 11.2 Å². The minimum Gasteiger partial charge on any atom is -0.341 e. The van der Waals surface area contributed by atoms with Crippen LogP contribution in [0.2, 0.25) is 5.02 Å². The van der Waals surface area contributed by atoms with Crippen molar-refractivity contribution in [1.29, 1.82) is 0 Å². The Kier molecular flexibility index (Phi) is 6.00. The Labute approximate surface area is 156 Å². The molecule has 1 aliphatic rings. The molecule has 0 aliphatic carbocycles. The smallest absolute Gasteiger partial charge is 0.255 e. The van der Waals surface area contributed by atoms with Gasteiger partial charge in [0.15, 0.2) is 0 Å². The van der Waals surface area contributed by atoms with Gasteiger partial charge in [0, 0.05) is 40.9 Å². The third kappa shape index (κ3) is 5.00. The van der Waals surface area contributed by atoms with Gasteiger partial charge in [-0.05, 0) is 42.0 Å². The van der Waals surface area contributed by atoms with Crippen LogP contribution in [0.5, 0.6) is 0 Å². The van der Waals surface area contributed by atoms with E-state index in [1.165, 1.54) is 0 Å². The van der Waals surface area contributed by atoms with Crippen molar-refractivity contribution in [2.24, 2.45) is 0 Å². The van der Waals surface area contributed by atoms with Crippen molar-refractivity contribution in [2.45, 2.75) is 6.42 Å². The van der Waals surface area contributed by atoms with E-state index < -0.39 is 0 Å². The molecule has 2 amide bonds. The Morgan fingerprint density at radius 3 is 2.28 bits per heavy atom. The number of thioether (sulfide) groups is 1. The van der Waals surface area contributed by atoms with Crippen molar-refractivity contribution < 1.29 is 9.59 Å². The maximum absolute atomic E-state index is 12.3. The quantitative estimate of drug-likeness (QED) is 0.887. The molecule has 0 atom stereocenters. The Balaban J connectivity index is 1.57. The van der Waals surface area contributed by atoms with Gasteiger partial charge in [0.2, 0.25) is 5.91 Å². The largest absolute Gasteiger partial charge is 0.341 e. The lowest BCUT2D eigenvalue weighted by molar-refractivity contribution is -0.130. The summed E-state index contributed by atoms with van der Waals surface area (Å²) in [6.07, 6.45) is 0.399. The molecule has 3 rings (SSSR count). The zero-order valence-corrected chi connectivity index (χ0v) is 15.3. The van der Waals surface area contributed by atoms with Crippen molar-refractivity contribution in [3.8, 4) is 0 Å². The lowest BCUT2D eigenvalue weighted by atomic mass is 10.1. The third-order valence-electron chi connectivity index (χ3n) is 4.04. The number of hydrogen-bond acceptors (Lipinski definition) is 3. The van der Waals surface area contributed by atoms with Crippen LogP contribution in [0.4, 0.5) is 5.69 Å². The van der Waals surface area contributed by atoms with Gasteiger partial charge < -0.3 is 10.2 Å². The fourth-order valence-electron chi connectivity index (χ4n) is 2.61. The Morgan fingerprint density at radius 1 is 1.00 bits per heavy atom. The number of nitrogens with zero attached hydrogens (tertiary/aromatic N) is 1. The summed E-state index contributed by atoms with van der Waals surface area (Å²) in [5.41, 5.74) is 2.20. The first-order valence-electron chi connectivity index (χ1n) is 8.13. The average Bonchev–Trinajstić information content (AvgIpc) is 2.64. The lowest BCUT2D eigenvalue weighted by Gasteiger charge is -2.26. The molecule has 0 radical (unpaired) electrons. The van der Waals surface area contributed by atoms with Gasteiger partial charge in [-0.25, -0.2) is 0 Å². The molecule has 1 heterocycles. The highest BCUT2D eigenvalue weighted by atomic mass is 35.5. The Bertz CT molecular complexity index is 741. The maximum atomic E-state index is 12.3. The van der Waals surface area contributed by atoms with Gasteiger partial charge in [0.05, 0.1) is 6.42 Å². The van der Waals surface area contributed by atoms with Crippen molar-refractivity contribution in [3.05, 3.63) is 64.7 Å². The van der Waals surface area contributed by atoms with E-state index in [-0.39, 0.29) is 11.8 Å². The first kappa shape index (κ1) is 17.8. The van der Waals surface area contributed by atoms with Gasteiger partial charge in [0.25, 0.3) is 5.91 Å². The van der Waals surface area contributed by atoms with Crippen LogP contribution in [0.25, 0.3) is 0 Å². The van der Waals surface area contributed by atoms with Crippen molar-refractivity contribution in [2.75, 3.05) is 29.9 Å². The number of nitrogens with one attached hydrogen (secondary N) is 1. The molecular weight excluding hydrogens is 356 g/mol. The molecule has 0 saturated carbocycles. The van der Waals surface area contributed by atoms with E-state index in [4.69, 9.17) is 11.6 Å². The van der Waals surface area contributed by atoms with Gasteiger partial charge in [-0.1, -0.05) is 23.7 Å². The first-order chi connectivity index (χ1) is 12.1. The number of carbonyl (C=O) groups is 2. The zero-order valence-electron chi connectivity index (χ0n) is 13.7. The average molecular weight is 375 g/mol. The molecule has 1 aliphatic heterocycles. The molecule has 0 spiro atoms. The number of benzene rings is 2. The zero-order chi connectivity index (χ0) is 17.6. The Morgan fingerprint density at radius 2 is 1.64 bits per heavy atom. The summed E-state index contributed by atoms with van der Waals surface area (Å²) < 4.78 is 0. The summed E-state index contributed by atoms with van der Waals surface area (Å²) in [7, 11) is 0. The first-order valence-corrected chi connectivity index (χ1v) is 9.66. The summed E-state index contributed by atoms with van der Waals surface area (Å²) in [6, 6.07) is 14.1. The van der Waals surface area contributed by atoms with Crippen molar-refractivity contribution in [1.82, 2.24) is 4.90 Å². The van der Waals surface area contributed by atoms with E-state index in [1.54, 1.807) is 24.3 Å². The van der Waals surface area contributed by atoms with E-state index in [2.05, 4.69) is 5.32 Å². The molecule has 1 saturated heterocycles. The molecule has 2 aromatic rings.